The summed E-state index contributed by atoms with van der Waals surface area (Å²) in [7, 11) is -1.62. The fourth-order valence-corrected chi connectivity index (χ4v) is 5.32. The van der Waals surface area contributed by atoms with Gasteiger partial charge < -0.3 is 14.3 Å². The molecule has 0 aromatic heterocycles. The Hall–Kier alpha value is -0.393. The lowest BCUT2D eigenvalue weighted by Crippen LogP contribution is -2.44. The maximum Gasteiger partial charge on any atom is 0.332 e. The van der Waals surface area contributed by atoms with Gasteiger partial charge in [-0.1, -0.05) is 20.8 Å². The highest BCUT2D eigenvalue weighted by atomic mass is 28.4. The molecule has 1 aliphatic rings. The molecule has 1 N–H and O–H groups in total. The van der Waals surface area contributed by atoms with Gasteiger partial charge in [-0.3, -0.25) is 0 Å². The Morgan fingerprint density at radius 3 is 2.41 bits per heavy atom. The summed E-state index contributed by atoms with van der Waals surface area (Å²) in [6, 6.07) is 3.32. The Kier molecular flexibility index (Phi) is 5.62. The molecule has 1 fully saturated rings. The van der Waals surface area contributed by atoms with E-state index in [2.05, 4.69) is 20.8 Å². The van der Waals surface area contributed by atoms with Gasteiger partial charge in [-0.05, 0) is 24.6 Å². The maximum absolute atomic E-state index is 10.9. The molecule has 1 heterocycles. The molecule has 17 heavy (non-hydrogen) atoms. The number of carboxylic acid groups (broad SMARTS) is 1. The zero-order chi connectivity index (χ0) is 12.9. The summed E-state index contributed by atoms with van der Waals surface area (Å²) in [5.74, 6) is -0.866. The fourth-order valence-electron chi connectivity index (χ4n) is 2.40. The van der Waals surface area contributed by atoms with Crippen LogP contribution in [0, 0.1) is 0 Å². The average molecular weight is 260 g/mol. The van der Waals surface area contributed by atoms with Crippen molar-refractivity contribution in [2.75, 3.05) is 6.61 Å². The first-order chi connectivity index (χ1) is 8.06. The number of aliphatic carboxylic acids is 1. The largest absolute Gasteiger partial charge is 0.479 e. The van der Waals surface area contributed by atoms with Crippen molar-refractivity contribution >= 4 is 14.3 Å². The van der Waals surface area contributed by atoms with Gasteiger partial charge in [0, 0.05) is 6.42 Å². The van der Waals surface area contributed by atoms with E-state index in [0.717, 1.165) is 24.6 Å². The van der Waals surface area contributed by atoms with Crippen LogP contribution >= 0.6 is 0 Å². The van der Waals surface area contributed by atoms with Crippen LogP contribution in [0.4, 0.5) is 0 Å². The summed E-state index contributed by atoms with van der Waals surface area (Å²) in [5, 5.41) is 8.96. The molecule has 100 valence electrons. The zero-order valence-electron chi connectivity index (χ0n) is 11.1. The van der Waals surface area contributed by atoms with Crippen LogP contribution in [0.5, 0.6) is 0 Å². The van der Waals surface area contributed by atoms with E-state index in [0.29, 0.717) is 13.0 Å². The molecular formula is C12H24O4Si. The Labute approximate surface area is 104 Å². The summed E-state index contributed by atoms with van der Waals surface area (Å²) in [5.41, 5.74) is 0. The van der Waals surface area contributed by atoms with Crippen LogP contribution in [-0.4, -0.2) is 38.2 Å². The smallest absolute Gasteiger partial charge is 0.332 e. The highest BCUT2D eigenvalue weighted by Gasteiger charge is 2.35. The highest BCUT2D eigenvalue weighted by molar-refractivity contribution is 6.73. The van der Waals surface area contributed by atoms with Gasteiger partial charge in [-0.15, -0.1) is 0 Å². The molecule has 5 heteroatoms. The normalized spacial score (nSPS) is 25.8. The van der Waals surface area contributed by atoms with Gasteiger partial charge in [0.2, 0.25) is 0 Å². The third kappa shape index (κ3) is 3.79. The molecule has 0 aromatic carbocycles. The minimum atomic E-state index is -1.62. The Balaban J connectivity index is 2.58. The highest BCUT2D eigenvalue weighted by Crippen LogP contribution is 2.28. The topological polar surface area (TPSA) is 55.8 Å². The second kappa shape index (κ2) is 6.52. The molecule has 2 atom stereocenters. The van der Waals surface area contributed by atoms with E-state index in [1.165, 1.54) is 0 Å². The van der Waals surface area contributed by atoms with Crippen LogP contribution < -0.4 is 0 Å². The van der Waals surface area contributed by atoms with Crippen LogP contribution in [0.25, 0.3) is 0 Å². The van der Waals surface area contributed by atoms with Crippen molar-refractivity contribution in [3.05, 3.63) is 0 Å². The van der Waals surface area contributed by atoms with Crippen molar-refractivity contribution in [1.29, 1.82) is 0 Å². The molecule has 1 saturated heterocycles. The van der Waals surface area contributed by atoms with Crippen molar-refractivity contribution in [2.24, 2.45) is 0 Å². The van der Waals surface area contributed by atoms with Crippen molar-refractivity contribution in [2.45, 2.75) is 64.0 Å². The van der Waals surface area contributed by atoms with Gasteiger partial charge in [0.25, 0.3) is 0 Å². The van der Waals surface area contributed by atoms with Crippen LogP contribution in [0.15, 0.2) is 0 Å². The van der Waals surface area contributed by atoms with Crippen molar-refractivity contribution in [1.82, 2.24) is 0 Å². The molecular weight excluding hydrogens is 236 g/mol. The zero-order valence-corrected chi connectivity index (χ0v) is 12.1. The molecule has 0 aromatic rings. The monoisotopic (exact) mass is 260 g/mol. The molecule has 0 saturated carbocycles. The Morgan fingerprint density at radius 2 is 1.94 bits per heavy atom. The van der Waals surface area contributed by atoms with E-state index >= 15 is 0 Å². The second-order valence-electron chi connectivity index (χ2n) is 4.71. The lowest BCUT2D eigenvalue weighted by molar-refractivity contribution is -0.156. The number of ether oxygens (including phenoxy) is 1. The maximum atomic E-state index is 10.9. The van der Waals surface area contributed by atoms with Crippen molar-refractivity contribution in [3.63, 3.8) is 0 Å². The van der Waals surface area contributed by atoms with Gasteiger partial charge in [-0.2, -0.15) is 0 Å². The van der Waals surface area contributed by atoms with Gasteiger partial charge in [0.1, 0.15) is 0 Å². The summed E-state index contributed by atoms with van der Waals surface area (Å²) in [6.45, 7) is 7.07. The average Bonchev–Trinajstić information content (AvgIpc) is 2.36. The minimum Gasteiger partial charge on any atom is -0.479 e. The lowest BCUT2D eigenvalue weighted by Gasteiger charge is -2.36. The van der Waals surface area contributed by atoms with Crippen LogP contribution in [0.3, 0.4) is 0 Å². The SMILES string of the molecule is CC[Si](CC)(CC)O[C@H]1CCO[C@@H](C(=O)O)C1. The van der Waals surface area contributed by atoms with E-state index in [1.54, 1.807) is 0 Å². The van der Waals surface area contributed by atoms with E-state index in [1.807, 2.05) is 0 Å². The fraction of sp³-hybridized carbons (Fsp3) is 0.917. The molecule has 0 unspecified atom stereocenters. The second-order valence-corrected chi connectivity index (χ2v) is 9.43. The number of carbonyl (C=O) groups is 1. The molecule has 0 bridgehead atoms. The van der Waals surface area contributed by atoms with Gasteiger partial charge in [0.05, 0.1) is 12.7 Å². The van der Waals surface area contributed by atoms with Crippen LogP contribution in [0.1, 0.15) is 33.6 Å². The third-order valence-electron chi connectivity index (χ3n) is 3.86. The lowest BCUT2D eigenvalue weighted by atomic mass is 10.1. The first kappa shape index (κ1) is 14.7. The number of hydrogen-bond acceptors (Lipinski definition) is 3. The number of hydrogen-bond donors (Lipinski definition) is 1. The summed E-state index contributed by atoms with van der Waals surface area (Å²) >= 11 is 0. The van der Waals surface area contributed by atoms with Crippen LogP contribution in [-0.2, 0) is 14.0 Å². The Morgan fingerprint density at radius 1 is 1.35 bits per heavy atom. The van der Waals surface area contributed by atoms with Gasteiger partial charge in [0.15, 0.2) is 14.4 Å². The number of carboxylic acids is 1. The van der Waals surface area contributed by atoms with Crippen LogP contribution in [0.2, 0.25) is 18.1 Å². The summed E-state index contributed by atoms with van der Waals surface area (Å²) in [4.78, 5) is 10.9. The molecule has 0 aliphatic carbocycles. The third-order valence-corrected chi connectivity index (χ3v) is 8.56. The Bertz CT molecular complexity index is 245. The predicted molar refractivity (Wildman–Crippen MR) is 68.7 cm³/mol. The van der Waals surface area contributed by atoms with E-state index in [9.17, 15) is 4.79 Å². The molecule has 0 amide bonds. The standard InChI is InChI=1S/C12H24O4Si/c1-4-17(5-2,6-3)16-10-7-8-15-11(9-10)12(13)14/h10-11H,4-9H2,1-3H3,(H,13,14)/t10-,11+/m0/s1. The van der Waals surface area contributed by atoms with E-state index < -0.39 is 20.4 Å². The molecule has 0 spiro atoms. The predicted octanol–water partition coefficient (Wildman–Crippen LogP) is 2.64. The quantitative estimate of drug-likeness (QED) is 0.746. The molecule has 1 aliphatic heterocycles. The van der Waals surface area contributed by atoms with Crippen molar-refractivity contribution in [3.8, 4) is 0 Å². The first-order valence-electron chi connectivity index (χ1n) is 6.59. The molecule has 0 radical (unpaired) electrons. The minimum absolute atomic E-state index is 0.0800. The summed E-state index contributed by atoms with van der Waals surface area (Å²) in [6.07, 6.45) is 0.741. The van der Waals surface area contributed by atoms with Crippen molar-refractivity contribution < 1.29 is 19.1 Å². The number of rotatable bonds is 6. The summed E-state index contributed by atoms with van der Waals surface area (Å²) < 4.78 is 11.5. The molecule has 4 nitrogen and oxygen atoms in total. The molecule has 1 rings (SSSR count). The first-order valence-corrected chi connectivity index (χ1v) is 9.12. The van der Waals surface area contributed by atoms with E-state index in [4.69, 9.17) is 14.3 Å². The van der Waals surface area contributed by atoms with E-state index in [-0.39, 0.29) is 6.10 Å². The van der Waals surface area contributed by atoms with Gasteiger partial charge in [-0.25, -0.2) is 4.79 Å². The van der Waals surface area contributed by atoms with Gasteiger partial charge >= 0.3 is 5.97 Å².